The molecule has 0 aromatic heterocycles. The van der Waals surface area contributed by atoms with E-state index in [1.165, 1.54) is 25.8 Å². The number of ether oxygens (including phenoxy) is 1. The zero-order valence-electron chi connectivity index (χ0n) is 9.54. The van der Waals surface area contributed by atoms with Gasteiger partial charge in [0.15, 0.2) is 0 Å². The molecule has 0 bridgehead atoms. The van der Waals surface area contributed by atoms with Gasteiger partial charge in [0, 0.05) is 26.2 Å². The van der Waals surface area contributed by atoms with Crippen LogP contribution in [0.1, 0.15) is 26.2 Å². The minimum absolute atomic E-state index is 0.459. The third-order valence-electron chi connectivity index (χ3n) is 3.16. The molecule has 1 rings (SSSR count). The standard InChI is InChI=1S/C11H24N2O/c1-3-13(6-7-14-2)9-10-4-5-11(12)8-10/h10-11H,3-9,12H2,1-2H3. The van der Waals surface area contributed by atoms with Crippen LogP contribution in [0.5, 0.6) is 0 Å². The van der Waals surface area contributed by atoms with E-state index < -0.39 is 0 Å². The van der Waals surface area contributed by atoms with Gasteiger partial charge in [-0.1, -0.05) is 6.92 Å². The molecular formula is C11H24N2O. The Balaban J connectivity index is 2.19. The third kappa shape index (κ3) is 3.95. The van der Waals surface area contributed by atoms with Crippen LogP contribution in [-0.4, -0.2) is 44.3 Å². The molecule has 0 aromatic rings. The lowest BCUT2D eigenvalue weighted by Gasteiger charge is -2.23. The lowest BCUT2D eigenvalue weighted by molar-refractivity contribution is 0.140. The molecular weight excluding hydrogens is 176 g/mol. The van der Waals surface area contributed by atoms with Gasteiger partial charge >= 0.3 is 0 Å². The first-order chi connectivity index (χ1) is 6.76. The number of hydrogen-bond acceptors (Lipinski definition) is 3. The van der Waals surface area contributed by atoms with E-state index >= 15 is 0 Å². The molecule has 0 aliphatic heterocycles. The van der Waals surface area contributed by atoms with Gasteiger partial charge in [0.05, 0.1) is 6.61 Å². The van der Waals surface area contributed by atoms with Crippen LogP contribution in [0.25, 0.3) is 0 Å². The van der Waals surface area contributed by atoms with E-state index in [1.54, 1.807) is 7.11 Å². The van der Waals surface area contributed by atoms with Crippen LogP contribution in [0.15, 0.2) is 0 Å². The number of methoxy groups -OCH3 is 1. The van der Waals surface area contributed by atoms with Crippen LogP contribution in [0.2, 0.25) is 0 Å². The Morgan fingerprint density at radius 1 is 1.43 bits per heavy atom. The summed E-state index contributed by atoms with van der Waals surface area (Å²) in [6.45, 7) is 6.43. The zero-order valence-corrected chi connectivity index (χ0v) is 9.54. The summed E-state index contributed by atoms with van der Waals surface area (Å²) >= 11 is 0. The molecule has 3 nitrogen and oxygen atoms in total. The fraction of sp³-hybridized carbons (Fsp3) is 1.00. The molecule has 2 unspecified atom stereocenters. The highest BCUT2D eigenvalue weighted by Gasteiger charge is 2.22. The molecule has 1 aliphatic rings. The van der Waals surface area contributed by atoms with Crippen molar-refractivity contribution in [2.45, 2.75) is 32.2 Å². The lowest BCUT2D eigenvalue weighted by atomic mass is 10.1. The van der Waals surface area contributed by atoms with E-state index in [1.807, 2.05) is 0 Å². The summed E-state index contributed by atoms with van der Waals surface area (Å²) < 4.78 is 5.09. The van der Waals surface area contributed by atoms with Crippen molar-refractivity contribution in [1.82, 2.24) is 4.90 Å². The molecule has 0 radical (unpaired) electrons. The topological polar surface area (TPSA) is 38.5 Å². The van der Waals surface area contributed by atoms with Gasteiger partial charge in [-0.15, -0.1) is 0 Å². The van der Waals surface area contributed by atoms with Crippen molar-refractivity contribution in [1.29, 1.82) is 0 Å². The number of rotatable bonds is 6. The Kier molecular flexibility index (Phi) is 5.45. The van der Waals surface area contributed by atoms with Crippen LogP contribution in [0.4, 0.5) is 0 Å². The highest BCUT2D eigenvalue weighted by Crippen LogP contribution is 2.24. The highest BCUT2D eigenvalue weighted by atomic mass is 16.5. The monoisotopic (exact) mass is 200 g/mol. The largest absolute Gasteiger partial charge is 0.383 e. The average molecular weight is 200 g/mol. The van der Waals surface area contributed by atoms with Crippen LogP contribution in [0, 0.1) is 5.92 Å². The number of likely N-dealkylation sites (N-methyl/N-ethyl adjacent to an activating group) is 1. The minimum Gasteiger partial charge on any atom is -0.383 e. The van der Waals surface area contributed by atoms with Crippen molar-refractivity contribution in [2.24, 2.45) is 11.7 Å². The Morgan fingerprint density at radius 3 is 2.71 bits per heavy atom. The van der Waals surface area contributed by atoms with Crippen LogP contribution in [-0.2, 0) is 4.74 Å². The molecule has 0 spiro atoms. The van der Waals surface area contributed by atoms with Gasteiger partial charge in [0.1, 0.15) is 0 Å². The van der Waals surface area contributed by atoms with E-state index in [-0.39, 0.29) is 0 Å². The molecule has 2 atom stereocenters. The molecule has 1 aliphatic carbocycles. The van der Waals surface area contributed by atoms with Gasteiger partial charge in [-0.05, 0) is 31.7 Å². The van der Waals surface area contributed by atoms with E-state index in [4.69, 9.17) is 10.5 Å². The van der Waals surface area contributed by atoms with Gasteiger partial charge in [0.25, 0.3) is 0 Å². The molecule has 84 valence electrons. The van der Waals surface area contributed by atoms with E-state index in [0.717, 1.165) is 25.6 Å². The smallest absolute Gasteiger partial charge is 0.0589 e. The molecule has 1 saturated carbocycles. The number of nitrogens with zero attached hydrogens (tertiary/aromatic N) is 1. The zero-order chi connectivity index (χ0) is 10.4. The van der Waals surface area contributed by atoms with Gasteiger partial charge in [-0.3, -0.25) is 0 Å². The predicted octanol–water partition coefficient (Wildman–Crippen LogP) is 1.08. The molecule has 2 N–H and O–H groups in total. The Labute approximate surface area is 87.6 Å². The normalized spacial score (nSPS) is 27.4. The third-order valence-corrected chi connectivity index (χ3v) is 3.16. The maximum absolute atomic E-state index is 5.90. The quantitative estimate of drug-likeness (QED) is 0.697. The first-order valence-corrected chi connectivity index (χ1v) is 5.73. The fourth-order valence-corrected chi connectivity index (χ4v) is 2.24. The molecule has 0 saturated heterocycles. The number of hydrogen-bond donors (Lipinski definition) is 1. The average Bonchev–Trinajstić information content (AvgIpc) is 2.58. The summed E-state index contributed by atoms with van der Waals surface area (Å²) in [5.74, 6) is 0.821. The second kappa shape index (κ2) is 6.38. The summed E-state index contributed by atoms with van der Waals surface area (Å²) in [6.07, 6.45) is 3.74. The lowest BCUT2D eigenvalue weighted by Crippen LogP contribution is -2.32. The van der Waals surface area contributed by atoms with Crippen molar-refractivity contribution >= 4 is 0 Å². The van der Waals surface area contributed by atoms with Crippen LogP contribution >= 0.6 is 0 Å². The van der Waals surface area contributed by atoms with Crippen molar-refractivity contribution in [3.63, 3.8) is 0 Å². The maximum atomic E-state index is 5.90. The van der Waals surface area contributed by atoms with Crippen LogP contribution in [0.3, 0.4) is 0 Å². The van der Waals surface area contributed by atoms with Crippen molar-refractivity contribution < 1.29 is 4.74 Å². The van der Waals surface area contributed by atoms with Gasteiger partial charge in [-0.25, -0.2) is 0 Å². The van der Waals surface area contributed by atoms with Gasteiger partial charge in [0.2, 0.25) is 0 Å². The predicted molar refractivity (Wildman–Crippen MR) is 59.3 cm³/mol. The van der Waals surface area contributed by atoms with Gasteiger partial charge in [-0.2, -0.15) is 0 Å². The van der Waals surface area contributed by atoms with Crippen molar-refractivity contribution in [2.75, 3.05) is 33.4 Å². The van der Waals surface area contributed by atoms with Gasteiger partial charge < -0.3 is 15.4 Å². The van der Waals surface area contributed by atoms with E-state index in [0.29, 0.717) is 6.04 Å². The van der Waals surface area contributed by atoms with Crippen molar-refractivity contribution in [3.05, 3.63) is 0 Å². The summed E-state index contributed by atoms with van der Waals surface area (Å²) in [4.78, 5) is 2.46. The minimum atomic E-state index is 0.459. The molecule has 14 heavy (non-hydrogen) atoms. The first kappa shape index (κ1) is 12.0. The highest BCUT2D eigenvalue weighted by molar-refractivity contribution is 4.79. The second-order valence-electron chi connectivity index (χ2n) is 4.33. The summed E-state index contributed by atoms with van der Waals surface area (Å²) in [5.41, 5.74) is 5.90. The van der Waals surface area contributed by atoms with Crippen molar-refractivity contribution in [3.8, 4) is 0 Å². The summed E-state index contributed by atoms with van der Waals surface area (Å²) in [5, 5.41) is 0. The SMILES string of the molecule is CCN(CCOC)CC1CCC(N)C1. The molecule has 3 heteroatoms. The summed E-state index contributed by atoms with van der Waals surface area (Å²) in [6, 6.07) is 0.459. The maximum Gasteiger partial charge on any atom is 0.0589 e. The second-order valence-corrected chi connectivity index (χ2v) is 4.33. The first-order valence-electron chi connectivity index (χ1n) is 5.73. The number of nitrogens with two attached hydrogens (primary N) is 1. The molecule has 1 fully saturated rings. The Bertz CT molecular complexity index is 152. The molecule has 0 aromatic carbocycles. The Hall–Kier alpha value is -0.120. The fourth-order valence-electron chi connectivity index (χ4n) is 2.24. The molecule has 0 amide bonds. The Morgan fingerprint density at radius 2 is 2.21 bits per heavy atom. The molecule has 0 heterocycles. The van der Waals surface area contributed by atoms with E-state index in [2.05, 4.69) is 11.8 Å². The van der Waals surface area contributed by atoms with E-state index in [9.17, 15) is 0 Å². The summed E-state index contributed by atoms with van der Waals surface area (Å²) in [7, 11) is 1.76. The van der Waals surface area contributed by atoms with Crippen LogP contribution < -0.4 is 5.73 Å².